The van der Waals surface area contributed by atoms with Crippen molar-refractivity contribution in [3.05, 3.63) is 28.8 Å². The molecule has 0 atom stereocenters. The molecule has 0 spiro atoms. The van der Waals surface area contributed by atoms with E-state index in [2.05, 4.69) is 25.2 Å². The first-order valence-corrected chi connectivity index (χ1v) is 7.26. The van der Waals surface area contributed by atoms with Gasteiger partial charge in [0.1, 0.15) is 0 Å². The van der Waals surface area contributed by atoms with Gasteiger partial charge in [0.25, 0.3) is 0 Å². The molecule has 0 amide bonds. The maximum atomic E-state index is 6.23. The molecule has 1 nitrogen and oxygen atoms in total. The van der Waals surface area contributed by atoms with Crippen molar-refractivity contribution in [3.8, 4) is 0 Å². The molecule has 0 saturated carbocycles. The zero-order valence-electron chi connectivity index (χ0n) is 10.1. The second-order valence-corrected chi connectivity index (χ2v) is 5.27. The highest BCUT2D eigenvalue weighted by molar-refractivity contribution is 7.99. The van der Waals surface area contributed by atoms with Crippen LogP contribution in [0.3, 0.4) is 0 Å². The smallest absolute Gasteiger partial charge is 0.0545 e. The number of thioether (sulfide) groups is 1. The topological polar surface area (TPSA) is 12.0 Å². The highest BCUT2D eigenvalue weighted by Gasteiger charge is 2.06. The first kappa shape index (κ1) is 13.9. The standard InChI is InChI=1S/C13H20ClNS/c1-3-8-15-10-11-6-5-7-12(14)13(11)16-9-4-2/h5-7,15H,3-4,8-10H2,1-2H3. The van der Waals surface area contributed by atoms with E-state index in [1.807, 2.05) is 23.9 Å². The lowest BCUT2D eigenvalue weighted by Gasteiger charge is -2.11. The van der Waals surface area contributed by atoms with Gasteiger partial charge < -0.3 is 5.32 Å². The molecule has 0 radical (unpaired) electrons. The van der Waals surface area contributed by atoms with Gasteiger partial charge in [-0.05, 0) is 36.8 Å². The average molecular weight is 258 g/mol. The van der Waals surface area contributed by atoms with Gasteiger partial charge >= 0.3 is 0 Å². The molecule has 1 N–H and O–H groups in total. The molecule has 0 aliphatic rings. The Morgan fingerprint density at radius 1 is 1.25 bits per heavy atom. The molecular weight excluding hydrogens is 238 g/mol. The molecule has 0 fully saturated rings. The van der Waals surface area contributed by atoms with Crippen LogP contribution < -0.4 is 5.32 Å². The quantitative estimate of drug-likeness (QED) is 0.576. The van der Waals surface area contributed by atoms with E-state index >= 15 is 0 Å². The summed E-state index contributed by atoms with van der Waals surface area (Å²) in [6, 6.07) is 6.16. The summed E-state index contributed by atoms with van der Waals surface area (Å²) >= 11 is 8.09. The Labute approximate surface area is 108 Å². The largest absolute Gasteiger partial charge is 0.313 e. The summed E-state index contributed by atoms with van der Waals surface area (Å²) in [6.07, 6.45) is 2.34. The molecule has 3 heteroatoms. The van der Waals surface area contributed by atoms with Crippen molar-refractivity contribution in [2.75, 3.05) is 12.3 Å². The highest BCUT2D eigenvalue weighted by Crippen LogP contribution is 2.31. The van der Waals surface area contributed by atoms with E-state index in [0.717, 1.165) is 30.3 Å². The van der Waals surface area contributed by atoms with Crippen molar-refractivity contribution in [1.82, 2.24) is 5.32 Å². The second kappa shape index (κ2) is 7.99. The Bertz CT molecular complexity index is 315. The summed E-state index contributed by atoms with van der Waals surface area (Å²) in [5.41, 5.74) is 1.32. The van der Waals surface area contributed by atoms with Gasteiger partial charge in [0.15, 0.2) is 0 Å². The third kappa shape index (κ3) is 4.36. The molecule has 16 heavy (non-hydrogen) atoms. The Balaban J connectivity index is 2.68. The maximum Gasteiger partial charge on any atom is 0.0545 e. The van der Waals surface area contributed by atoms with E-state index in [4.69, 9.17) is 11.6 Å². The summed E-state index contributed by atoms with van der Waals surface area (Å²) in [5.74, 6) is 1.13. The van der Waals surface area contributed by atoms with Gasteiger partial charge in [0, 0.05) is 11.4 Å². The fourth-order valence-corrected chi connectivity index (χ4v) is 2.76. The van der Waals surface area contributed by atoms with Crippen molar-refractivity contribution >= 4 is 23.4 Å². The van der Waals surface area contributed by atoms with Crippen LogP contribution in [0.1, 0.15) is 32.3 Å². The monoisotopic (exact) mass is 257 g/mol. The minimum absolute atomic E-state index is 0.884. The van der Waals surface area contributed by atoms with Crippen LogP contribution in [0.2, 0.25) is 5.02 Å². The summed E-state index contributed by atoms with van der Waals surface area (Å²) in [7, 11) is 0. The number of halogens is 1. The maximum absolute atomic E-state index is 6.23. The Morgan fingerprint density at radius 3 is 2.75 bits per heavy atom. The predicted octanol–water partition coefficient (Wildman–Crippen LogP) is 4.34. The van der Waals surface area contributed by atoms with Crippen molar-refractivity contribution in [2.45, 2.75) is 38.1 Å². The van der Waals surface area contributed by atoms with Gasteiger partial charge in [-0.3, -0.25) is 0 Å². The lowest BCUT2D eigenvalue weighted by atomic mass is 10.2. The molecule has 0 heterocycles. The predicted molar refractivity (Wildman–Crippen MR) is 74.5 cm³/mol. The lowest BCUT2D eigenvalue weighted by Crippen LogP contribution is -2.14. The summed E-state index contributed by atoms with van der Waals surface area (Å²) < 4.78 is 0. The fraction of sp³-hybridized carbons (Fsp3) is 0.538. The molecule has 0 aromatic heterocycles. The first-order chi connectivity index (χ1) is 7.79. The summed E-state index contributed by atoms with van der Waals surface area (Å²) in [5, 5.41) is 4.31. The highest BCUT2D eigenvalue weighted by atomic mass is 35.5. The van der Waals surface area contributed by atoms with Crippen molar-refractivity contribution in [3.63, 3.8) is 0 Å². The molecule has 0 unspecified atom stereocenters. The van der Waals surface area contributed by atoms with Crippen LogP contribution in [0.5, 0.6) is 0 Å². The number of nitrogens with one attached hydrogen (secondary N) is 1. The Kier molecular flexibility index (Phi) is 6.93. The zero-order valence-corrected chi connectivity index (χ0v) is 11.6. The zero-order chi connectivity index (χ0) is 11.8. The molecule has 1 aromatic rings. The van der Waals surface area contributed by atoms with Crippen molar-refractivity contribution in [2.24, 2.45) is 0 Å². The van der Waals surface area contributed by atoms with Gasteiger partial charge in [-0.25, -0.2) is 0 Å². The SMILES string of the molecule is CCCNCc1cccc(Cl)c1SCCC. The summed E-state index contributed by atoms with van der Waals surface area (Å²) in [6.45, 7) is 6.35. The van der Waals surface area contributed by atoms with Gasteiger partial charge in [-0.15, -0.1) is 11.8 Å². The third-order valence-corrected chi connectivity index (χ3v) is 4.05. The van der Waals surface area contributed by atoms with E-state index in [9.17, 15) is 0 Å². The van der Waals surface area contributed by atoms with Gasteiger partial charge in [-0.1, -0.05) is 37.6 Å². The fourth-order valence-electron chi connectivity index (χ4n) is 1.46. The molecule has 1 aromatic carbocycles. The van der Waals surface area contributed by atoms with Crippen LogP contribution in [-0.4, -0.2) is 12.3 Å². The number of rotatable bonds is 7. The van der Waals surface area contributed by atoms with Crippen LogP contribution in [0, 0.1) is 0 Å². The number of hydrogen-bond donors (Lipinski definition) is 1. The molecule has 0 saturated heterocycles. The van der Waals surface area contributed by atoms with Crippen LogP contribution in [0.15, 0.2) is 23.1 Å². The van der Waals surface area contributed by atoms with Gasteiger partial charge in [0.05, 0.1) is 5.02 Å². The molecule has 0 bridgehead atoms. The van der Waals surface area contributed by atoms with E-state index < -0.39 is 0 Å². The first-order valence-electron chi connectivity index (χ1n) is 5.90. The van der Waals surface area contributed by atoms with Crippen molar-refractivity contribution in [1.29, 1.82) is 0 Å². The molecule has 0 aliphatic carbocycles. The minimum Gasteiger partial charge on any atom is -0.313 e. The molecule has 0 aliphatic heterocycles. The Hall–Kier alpha value is -0.180. The van der Waals surface area contributed by atoms with Crippen LogP contribution in [-0.2, 0) is 6.54 Å². The number of benzene rings is 1. The average Bonchev–Trinajstić information content (AvgIpc) is 2.28. The lowest BCUT2D eigenvalue weighted by molar-refractivity contribution is 0.669. The summed E-state index contributed by atoms with van der Waals surface area (Å²) in [4.78, 5) is 1.25. The van der Waals surface area contributed by atoms with Gasteiger partial charge in [-0.2, -0.15) is 0 Å². The Morgan fingerprint density at radius 2 is 2.06 bits per heavy atom. The van der Waals surface area contributed by atoms with Crippen molar-refractivity contribution < 1.29 is 0 Å². The normalized spacial score (nSPS) is 10.7. The molecular formula is C13H20ClNS. The molecule has 1 rings (SSSR count). The third-order valence-electron chi connectivity index (χ3n) is 2.24. The van der Waals surface area contributed by atoms with Crippen LogP contribution in [0.25, 0.3) is 0 Å². The molecule has 90 valence electrons. The van der Waals surface area contributed by atoms with Crippen LogP contribution in [0.4, 0.5) is 0 Å². The van der Waals surface area contributed by atoms with E-state index in [1.165, 1.54) is 16.9 Å². The number of hydrogen-bond acceptors (Lipinski definition) is 2. The van der Waals surface area contributed by atoms with E-state index in [-0.39, 0.29) is 0 Å². The minimum atomic E-state index is 0.884. The second-order valence-electron chi connectivity index (χ2n) is 3.75. The van der Waals surface area contributed by atoms with E-state index in [1.54, 1.807) is 0 Å². The van der Waals surface area contributed by atoms with Gasteiger partial charge in [0.2, 0.25) is 0 Å². The van der Waals surface area contributed by atoms with Crippen LogP contribution >= 0.6 is 23.4 Å². The van der Waals surface area contributed by atoms with E-state index in [0.29, 0.717) is 0 Å².